The van der Waals surface area contributed by atoms with Crippen molar-refractivity contribution in [2.24, 2.45) is 0 Å². The van der Waals surface area contributed by atoms with Gasteiger partial charge in [0, 0.05) is 14.5 Å². The highest BCUT2D eigenvalue weighted by molar-refractivity contribution is 14.1. The summed E-state index contributed by atoms with van der Waals surface area (Å²) in [6, 6.07) is 16.0. The number of methoxy groups -OCH3 is 2. The van der Waals surface area contributed by atoms with E-state index < -0.39 is 0 Å². The summed E-state index contributed by atoms with van der Waals surface area (Å²) in [6.07, 6.45) is 4.00. The van der Waals surface area contributed by atoms with Crippen LogP contribution in [0.5, 0.6) is 11.5 Å². The smallest absolute Gasteiger partial charge is 0.145 e. The molecule has 116 valence electrons. The molecule has 0 aliphatic carbocycles. The van der Waals surface area contributed by atoms with Crippen LogP contribution >= 0.6 is 22.6 Å². The van der Waals surface area contributed by atoms with Crippen molar-refractivity contribution < 1.29 is 9.47 Å². The third-order valence-electron chi connectivity index (χ3n) is 3.55. The molecule has 1 heterocycles. The first kappa shape index (κ1) is 15.8. The predicted molar refractivity (Wildman–Crippen MR) is 103 cm³/mol. The summed E-state index contributed by atoms with van der Waals surface area (Å²) in [5.41, 5.74) is 2.77. The number of nitrogens with zero attached hydrogens (tertiary/aromatic N) is 1. The van der Waals surface area contributed by atoms with Crippen molar-refractivity contribution in [3.8, 4) is 11.5 Å². The van der Waals surface area contributed by atoms with Gasteiger partial charge in [-0.3, -0.25) is 0 Å². The fraction of sp³-hybridized carbons (Fsp3) is 0.105. The third-order valence-corrected chi connectivity index (χ3v) is 4.22. The molecule has 3 nitrogen and oxygen atoms in total. The lowest BCUT2D eigenvalue weighted by Gasteiger charge is -2.06. The largest absolute Gasteiger partial charge is 0.496 e. The quantitative estimate of drug-likeness (QED) is 0.559. The molecular formula is C19H16INO2. The topological polar surface area (TPSA) is 31.4 Å². The molecule has 3 rings (SSSR count). The molecule has 0 bridgehead atoms. The van der Waals surface area contributed by atoms with Crippen molar-refractivity contribution >= 4 is 45.6 Å². The average molecular weight is 417 g/mol. The van der Waals surface area contributed by atoms with Crippen LogP contribution in [0, 0.1) is 3.57 Å². The van der Waals surface area contributed by atoms with Gasteiger partial charge in [-0.15, -0.1) is 0 Å². The van der Waals surface area contributed by atoms with Crippen LogP contribution in [0.2, 0.25) is 0 Å². The number of rotatable bonds is 4. The van der Waals surface area contributed by atoms with E-state index in [9.17, 15) is 0 Å². The van der Waals surface area contributed by atoms with Crippen LogP contribution in [0.3, 0.4) is 0 Å². The lowest BCUT2D eigenvalue weighted by atomic mass is 10.1. The van der Waals surface area contributed by atoms with Crippen molar-refractivity contribution in [1.82, 2.24) is 4.98 Å². The Morgan fingerprint density at radius 3 is 2.52 bits per heavy atom. The number of hydrogen-bond donors (Lipinski definition) is 0. The molecule has 23 heavy (non-hydrogen) atoms. The SMILES string of the molecule is COc1ccc(I)cc1C=Cc1ccc2cccc(OC)c2n1. The number of hydrogen-bond acceptors (Lipinski definition) is 3. The molecule has 0 fully saturated rings. The Hall–Kier alpha value is -2.08. The molecule has 0 N–H and O–H groups in total. The molecule has 0 atom stereocenters. The molecular weight excluding hydrogens is 401 g/mol. The van der Waals surface area contributed by atoms with Crippen LogP contribution in [-0.2, 0) is 0 Å². The van der Waals surface area contributed by atoms with E-state index in [4.69, 9.17) is 9.47 Å². The number of para-hydroxylation sites is 1. The Labute approximate surface area is 149 Å². The second kappa shape index (κ2) is 7.00. The van der Waals surface area contributed by atoms with Crippen molar-refractivity contribution in [3.05, 3.63) is 63.4 Å². The minimum atomic E-state index is 0.782. The summed E-state index contributed by atoms with van der Waals surface area (Å²) >= 11 is 2.29. The molecule has 2 aromatic carbocycles. The highest BCUT2D eigenvalue weighted by atomic mass is 127. The van der Waals surface area contributed by atoms with Gasteiger partial charge < -0.3 is 9.47 Å². The molecule has 0 spiro atoms. The van der Waals surface area contributed by atoms with Crippen molar-refractivity contribution in [3.63, 3.8) is 0 Å². The van der Waals surface area contributed by atoms with Crippen LogP contribution in [0.4, 0.5) is 0 Å². The zero-order valence-corrected chi connectivity index (χ0v) is 15.1. The van der Waals surface area contributed by atoms with E-state index >= 15 is 0 Å². The second-order valence-electron chi connectivity index (χ2n) is 4.99. The second-order valence-corrected chi connectivity index (χ2v) is 6.23. The maximum Gasteiger partial charge on any atom is 0.145 e. The summed E-state index contributed by atoms with van der Waals surface area (Å²) in [6.45, 7) is 0. The van der Waals surface area contributed by atoms with E-state index in [0.717, 1.165) is 37.2 Å². The molecule has 0 aliphatic rings. The molecule has 4 heteroatoms. The lowest BCUT2D eigenvalue weighted by Crippen LogP contribution is -1.90. The van der Waals surface area contributed by atoms with Crippen molar-refractivity contribution in [2.75, 3.05) is 14.2 Å². The van der Waals surface area contributed by atoms with Crippen LogP contribution in [0.1, 0.15) is 11.3 Å². The first-order valence-corrected chi connectivity index (χ1v) is 8.24. The summed E-state index contributed by atoms with van der Waals surface area (Å²) in [7, 11) is 3.34. The Kier molecular flexibility index (Phi) is 4.81. The maximum atomic E-state index is 5.40. The zero-order valence-electron chi connectivity index (χ0n) is 12.9. The fourth-order valence-corrected chi connectivity index (χ4v) is 2.92. The standard InChI is InChI=1S/C19H16INO2/c1-22-17-11-8-15(20)12-14(17)7-10-16-9-6-13-4-3-5-18(23-2)19(13)21-16/h3-12H,1-2H3. The zero-order chi connectivity index (χ0) is 16.2. The Morgan fingerprint density at radius 1 is 0.913 bits per heavy atom. The number of halogens is 1. The molecule has 0 radical (unpaired) electrons. The van der Waals surface area contributed by atoms with Gasteiger partial charge in [0.2, 0.25) is 0 Å². The van der Waals surface area contributed by atoms with Gasteiger partial charge in [0.15, 0.2) is 0 Å². The highest BCUT2D eigenvalue weighted by Gasteiger charge is 2.04. The van der Waals surface area contributed by atoms with E-state index in [0.29, 0.717) is 0 Å². The van der Waals surface area contributed by atoms with Crippen molar-refractivity contribution in [2.45, 2.75) is 0 Å². The lowest BCUT2D eigenvalue weighted by molar-refractivity contribution is 0.414. The molecule has 0 aliphatic heterocycles. The Bertz CT molecular complexity index is 874. The summed E-state index contributed by atoms with van der Waals surface area (Å²) in [5.74, 6) is 1.63. The summed E-state index contributed by atoms with van der Waals surface area (Å²) in [4.78, 5) is 4.68. The molecule has 0 saturated carbocycles. The minimum Gasteiger partial charge on any atom is -0.496 e. The Balaban J connectivity index is 2.00. The molecule has 0 saturated heterocycles. The highest BCUT2D eigenvalue weighted by Crippen LogP contribution is 2.25. The van der Waals surface area contributed by atoms with Gasteiger partial charge in [0.25, 0.3) is 0 Å². The summed E-state index contributed by atoms with van der Waals surface area (Å²) < 4.78 is 12.0. The van der Waals surface area contributed by atoms with Crippen LogP contribution in [0.15, 0.2) is 48.5 Å². The number of pyridine rings is 1. The minimum absolute atomic E-state index is 0.782. The monoisotopic (exact) mass is 417 g/mol. The van der Waals surface area contributed by atoms with Crippen LogP contribution < -0.4 is 9.47 Å². The average Bonchev–Trinajstić information content (AvgIpc) is 2.59. The van der Waals surface area contributed by atoms with Crippen LogP contribution in [0.25, 0.3) is 23.1 Å². The van der Waals surface area contributed by atoms with E-state index in [2.05, 4.69) is 39.7 Å². The summed E-state index contributed by atoms with van der Waals surface area (Å²) in [5, 5.41) is 1.06. The van der Waals surface area contributed by atoms with E-state index in [1.165, 1.54) is 0 Å². The number of fused-ring (bicyclic) bond motifs is 1. The number of ether oxygens (including phenoxy) is 2. The van der Waals surface area contributed by atoms with E-state index in [1.54, 1.807) is 14.2 Å². The predicted octanol–water partition coefficient (Wildman–Crippen LogP) is 5.03. The van der Waals surface area contributed by atoms with Gasteiger partial charge in [0.1, 0.15) is 17.0 Å². The van der Waals surface area contributed by atoms with Gasteiger partial charge >= 0.3 is 0 Å². The van der Waals surface area contributed by atoms with Gasteiger partial charge in [0.05, 0.1) is 19.9 Å². The van der Waals surface area contributed by atoms with Crippen LogP contribution in [-0.4, -0.2) is 19.2 Å². The fourth-order valence-electron chi connectivity index (χ4n) is 2.40. The first-order chi connectivity index (χ1) is 11.2. The van der Waals surface area contributed by atoms with Gasteiger partial charge in [-0.05, 0) is 65.1 Å². The third kappa shape index (κ3) is 3.47. The van der Waals surface area contributed by atoms with Gasteiger partial charge in [-0.1, -0.05) is 18.2 Å². The van der Waals surface area contributed by atoms with E-state index in [-0.39, 0.29) is 0 Å². The normalized spacial score (nSPS) is 11.1. The van der Waals surface area contributed by atoms with E-state index in [1.807, 2.05) is 48.6 Å². The van der Waals surface area contributed by atoms with Crippen molar-refractivity contribution in [1.29, 1.82) is 0 Å². The molecule has 1 aromatic heterocycles. The van der Waals surface area contributed by atoms with Gasteiger partial charge in [-0.2, -0.15) is 0 Å². The van der Waals surface area contributed by atoms with Gasteiger partial charge in [-0.25, -0.2) is 4.98 Å². The molecule has 3 aromatic rings. The number of aromatic nitrogens is 1. The molecule has 0 amide bonds. The Morgan fingerprint density at radius 2 is 1.74 bits per heavy atom. The number of benzene rings is 2. The first-order valence-electron chi connectivity index (χ1n) is 7.16. The maximum absolute atomic E-state index is 5.40. The molecule has 0 unspecified atom stereocenters.